The minimum atomic E-state index is -0.387. The fourth-order valence-electron chi connectivity index (χ4n) is 1.97. The van der Waals surface area contributed by atoms with E-state index < -0.39 is 0 Å². The van der Waals surface area contributed by atoms with Gasteiger partial charge >= 0.3 is 0 Å². The van der Waals surface area contributed by atoms with Crippen LogP contribution in [0.3, 0.4) is 0 Å². The van der Waals surface area contributed by atoms with E-state index in [-0.39, 0.29) is 18.6 Å². The van der Waals surface area contributed by atoms with Gasteiger partial charge in [0, 0.05) is 25.0 Å². The van der Waals surface area contributed by atoms with Crippen molar-refractivity contribution in [2.24, 2.45) is 5.41 Å². The number of hydrogen-bond acceptors (Lipinski definition) is 4. The Hall–Kier alpha value is -0.160. The number of rotatable bonds is 7. The van der Waals surface area contributed by atoms with E-state index in [2.05, 4.69) is 10.2 Å². The quantitative estimate of drug-likeness (QED) is 0.541. The Kier molecular flexibility index (Phi) is 6.28. The average Bonchev–Trinajstić information content (AvgIpc) is 2.36. The molecule has 0 aromatic heterocycles. The van der Waals surface area contributed by atoms with Gasteiger partial charge < -0.3 is 20.4 Å². The summed E-state index contributed by atoms with van der Waals surface area (Å²) in [7, 11) is 0. The summed E-state index contributed by atoms with van der Waals surface area (Å²) in [6, 6.07) is 0. The Bertz CT molecular complexity index is 178. The molecule has 16 heavy (non-hydrogen) atoms. The van der Waals surface area contributed by atoms with Gasteiger partial charge in [-0.15, -0.1) is 0 Å². The highest BCUT2D eigenvalue weighted by atomic mass is 16.3. The molecule has 0 spiro atoms. The maximum Gasteiger partial charge on any atom is 0.0518 e. The van der Waals surface area contributed by atoms with Gasteiger partial charge in [0.05, 0.1) is 13.2 Å². The lowest BCUT2D eigenvalue weighted by Crippen LogP contribution is -2.42. The molecule has 0 amide bonds. The number of nitrogens with zero attached hydrogens (tertiary/aromatic N) is 1. The molecule has 0 saturated carbocycles. The van der Waals surface area contributed by atoms with Crippen molar-refractivity contribution in [2.75, 3.05) is 45.9 Å². The van der Waals surface area contributed by atoms with Crippen LogP contribution in [0.25, 0.3) is 0 Å². The average molecular weight is 230 g/mol. The standard InChI is InChI=1S/C12H26N2O2/c1-12(10-15,11-16)9-13-5-8-14-6-3-2-4-7-14/h13,15-16H,2-11H2,1H3. The number of likely N-dealkylation sites (tertiary alicyclic amines) is 1. The van der Waals surface area contributed by atoms with Gasteiger partial charge in [0.1, 0.15) is 0 Å². The molecule has 0 bridgehead atoms. The van der Waals surface area contributed by atoms with E-state index in [0.717, 1.165) is 13.1 Å². The van der Waals surface area contributed by atoms with Crippen LogP contribution in [0.4, 0.5) is 0 Å². The van der Waals surface area contributed by atoms with Crippen molar-refractivity contribution in [1.29, 1.82) is 0 Å². The predicted octanol–water partition coefficient (Wildman–Crippen LogP) is 0.0528. The zero-order valence-electron chi connectivity index (χ0n) is 10.4. The molecular formula is C12H26N2O2. The van der Waals surface area contributed by atoms with Gasteiger partial charge in [-0.05, 0) is 25.9 Å². The SMILES string of the molecule is CC(CO)(CO)CNCCN1CCCCC1. The molecule has 1 aliphatic heterocycles. The first-order valence-electron chi connectivity index (χ1n) is 6.35. The summed E-state index contributed by atoms with van der Waals surface area (Å²) in [5, 5.41) is 21.6. The summed E-state index contributed by atoms with van der Waals surface area (Å²) in [6.07, 6.45) is 4.02. The zero-order valence-corrected chi connectivity index (χ0v) is 10.4. The van der Waals surface area contributed by atoms with Crippen LogP contribution >= 0.6 is 0 Å². The highest BCUT2D eigenvalue weighted by Gasteiger charge is 2.21. The highest BCUT2D eigenvalue weighted by Crippen LogP contribution is 2.12. The number of piperidine rings is 1. The van der Waals surface area contributed by atoms with Crippen LogP contribution in [0.1, 0.15) is 26.2 Å². The van der Waals surface area contributed by atoms with Gasteiger partial charge in [-0.1, -0.05) is 13.3 Å². The Morgan fingerprint density at radius 3 is 2.31 bits per heavy atom. The molecule has 1 rings (SSSR count). The third-order valence-corrected chi connectivity index (χ3v) is 3.37. The number of aliphatic hydroxyl groups is 2. The molecule has 0 unspecified atom stereocenters. The number of nitrogens with one attached hydrogen (secondary N) is 1. The molecule has 3 N–H and O–H groups in total. The molecule has 96 valence electrons. The van der Waals surface area contributed by atoms with Crippen molar-refractivity contribution in [2.45, 2.75) is 26.2 Å². The van der Waals surface area contributed by atoms with Crippen molar-refractivity contribution in [1.82, 2.24) is 10.2 Å². The first-order chi connectivity index (χ1) is 7.70. The van der Waals surface area contributed by atoms with E-state index in [0.29, 0.717) is 6.54 Å². The van der Waals surface area contributed by atoms with Gasteiger partial charge in [0.25, 0.3) is 0 Å². The van der Waals surface area contributed by atoms with Gasteiger partial charge in [-0.3, -0.25) is 0 Å². The van der Waals surface area contributed by atoms with Crippen molar-refractivity contribution in [3.63, 3.8) is 0 Å². The largest absolute Gasteiger partial charge is 0.396 e. The Morgan fingerprint density at radius 2 is 1.75 bits per heavy atom. The highest BCUT2D eigenvalue weighted by molar-refractivity contribution is 4.75. The minimum Gasteiger partial charge on any atom is -0.396 e. The third-order valence-electron chi connectivity index (χ3n) is 3.37. The van der Waals surface area contributed by atoms with Crippen LogP contribution in [0.5, 0.6) is 0 Å². The van der Waals surface area contributed by atoms with Crippen LogP contribution < -0.4 is 5.32 Å². The summed E-state index contributed by atoms with van der Waals surface area (Å²) in [6.45, 7) is 7.08. The van der Waals surface area contributed by atoms with Crippen molar-refractivity contribution in [3.8, 4) is 0 Å². The molecule has 4 nitrogen and oxygen atoms in total. The lowest BCUT2D eigenvalue weighted by Gasteiger charge is -2.28. The maximum atomic E-state index is 9.12. The second-order valence-electron chi connectivity index (χ2n) is 5.21. The van der Waals surface area contributed by atoms with Crippen molar-refractivity contribution in [3.05, 3.63) is 0 Å². The van der Waals surface area contributed by atoms with Crippen LogP contribution in [0.2, 0.25) is 0 Å². The second-order valence-corrected chi connectivity index (χ2v) is 5.21. The van der Waals surface area contributed by atoms with E-state index in [1.54, 1.807) is 0 Å². The lowest BCUT2D eigenvalue weighted by molar-refractivity contribution is 0.0690. The molecule has 1 fully saturated rings. The monoisotopic (exact) mass is 230 g/mol. The molecule has 0 aromatic carbocycles. The summed E-state index contributed by atoms with van der Waals surface area (Å²) in [5.74, 6) is 0. The summed E-state index contributed by atoms with van der Waals surface area (Å²) >= 11 is 0. The van der Waals surface area contributed by atoms with Crippen molar-refractivity contribution >= 4 is 0 Å². The van der Waals surface area contributed by atoms with Crippen LogP contribution in [-0.2, 0) is 0 Å². The molecule has 0 atom stereocenters. The molecule has 1 saturated heterocycles. The van der Waals surface area contributed by atoms with Gasteiger partial charge in [0.15, 0.2) is 0 Å². The Labute approximate surface area is 98.6 Å². The van der Waals surface area contributed by atoms with Gasteiger partial charge in [-0.2, -0.15) is 0 Å². The fourth-order valence-corrected chi connectivity index (χ4v) is 1.97. The Morgan fingerprint density at radius 1 is 1.12 bits per heavy atom. The van der Waals surface area contributed by atoms with E-state index in [9.17, 15) is 0 Å². The topological polar surface area (TPSA) is 55.7 Å². The maximum absolute atomic E-state index is 9.12. The second kappa shape index (κ2) is 7.22. The van der Waals surface area contributed by atoms with E-state index >= 15 is 0 Å². The lowest BCUT2D eigenvalue weighted by atomic mass is 9.93. The van der Waals surface area contributed by atoms with Crippen LogP contribution in [0.15, 0.2) is 0 Å². The number of aliphatic hydroxyl groups excluding tert-OH is 2. The van der Waals surface area contributed by atoms with Crippen molar-refractivity contribution < 1.29 is 10.2 Å². The third kappa shape index (κ3) is 4.78. The molecular weight excluding hydrogens is 204 g/mol. The van der Waals surface area contributed by atoms with Crippen LogP contribution in [0, 0.1) is 5.41 Å². The Balaban J connectivity index is 2.06. The molecule has 1 heterocycles. The molecule has 0 radical (unpaired) electrons. The van der Waals surface area contributed by atoms with E-state index in [4.69, 9.17) is 10.2 Å². The summed E-state index contributed by atoms with van der Waals surface area (Å²) < 4.78 is 0. The molecule has 0 aliphatic carbocycles. The fraction of sp³-hybridized carbons (Fsp3) is 1.00. The summed E-state index contributed by atoms with van der Waals surface area (Å²) in [4.78, 5) is 2.48. The molecule has 0 aromatic rings. The van der Waals surface area contributed by atoms with E-state index in [1.807, 2.05) is 6.92 Å². The van der Waals surface area contributed by atoms with Crippen LogP contribution in [-0.4, -0.2) is 61.1 Å². The van der Waals surface area contributed by atoms with E-state index in [1.165, 1.54) is 32.4 Å². The number of hydrogen-bond donors (Lipinski definition) is 3. The normalized spacial score (nSPS) is 18.9. The van der Waals surface area contributed by atoms with Gasteiger partial charge in [0.2, 0.25) is 0 Å². The minimum absolute atomic E-state index is 0.0280. The first-order valence-corrected chi connectivity index (χ1v) is 6.35. The zero-order chi connectivity index (χ0) is 11.9. The first kappa shape index (κ1) is 13.9. The summed E-state index contributed by atoms with van der Waals surface area (Å²) in [5.41, 5.74) is -0.387. The van der Waals surface area contributed by atoms with Gasteiger partial charge in [-0.25, -0.2) is 0 Å². The molecule has 4 heteroatoms. The molecule has 1 aliphatic rings. The smallest absolute Gasteiger partial charge is 0.0518 e. The predicted molar refractivity (Wildman–Crippen MR) is 65.4 cm³/mol.